The number of nitrogens with one attached hydrogen (secondary N) is 1. The Labute approximate surface area is 190 Å². The van der Waals surface area contributed by atoms with Gasteiger partial charge in [-0.3, -0.25) is 24.1 Å². The maximum absolute atomic E-state index is 12.9. The third-order valence-electron chi connectivity index (χ3n) is 5.77. The molecule has 8 nitrogen and oxygen atoms in total. The number of hydrogen-bond acceptors (Lipinski definition) is 6. The Bertz CT molecular complexity index is 1130. The van der Waals surface area contributed by atoms with Gasteiger partial charge in [0.2, 0.25) is 5.91 Å². The van der Waals surface area contributed by atoms with E-state index in [1.165, 1.54) is 0 Å². The Morgan fingerprint density at radius 2 is 1.67 bits per heavy atom. The SMILES string of the molecule is CC(C)CC(C(=O)OCC(=O)c1ccc2c(c1)CCC(=O)N2)N1C(=O)c2ccccc2C1=O. The highest BCUT2D eigenvalue weighted by Gasteiger charge is 2.43. The van der Waals surface area contributed by atoms with Crippen LogP contribution in [-0.4, -0.2) is 47.0 Å². The zero-order valence-electron chi connectivity index (χ0n) is 18.4. The van der Waals surface area contributed by atoms with Crippen molar-refractivity contribution in [3.8, 4) is 0 Å². The Balaban J connectivity index is 1.47. The number of fused-ring (bicyclic) bond motifs is 2. The minimum Gasteiger partial charge on any atom is -0.456 e. The second-order valence-electron chi connectivity index (χ2n) is 8.62. The van der Waals surface area contributed by atoms with Crippen LogP contribution in [0.15, 0.2) is 42.5 Å². The molecule has 33 heavy (non-hydrogen) atoms. The molecule has 0 spiro atoms. The summed E-state index contributed by atoms with van der Waals surface area (Å²) in [7, 11) is 0. The molecule has 0 saturated heterocycles. The second-order valence-corrected chi connectivity index (χ2v) is 8.62. The molecule has 2 heterocycles. The Hall–Kier alpha value is -3.81. The number of carbonyl (C=O) groups is 5. The molecule has 1 N–H and O–H groups in total. The number of nitrogens with zero attached hydrogens (tertiary/aromatic N) is 1. The topological polar surface area (TPSA) is 110 Å². The molecule has 8 heteroatoms. The van der Waals surface area contributed by atoms with Crippen LogP contribution in [0.4, 0.5) is 5.69 Å². The lowest BCUT2D eigenvalue weighted by atomic mass is 9.99. The summed E-state index contributed by atoms with van der Waals surface area (Å²) < 4.78 is 5.29. The van der Waals surface area contributed by atoms with Gasteiger partial charge in [-0.15, -0.1) is 0 Å². The monoisotopic (exact) mass is 448 g/mol. The van der Waals surface area contributed by atoms with Crippen LogP contribution in [0.1, 0.15) is 63.3 Å². The van der Waals surface area contributed by atoms with Gasteiger partial charge < -0.3 is 10.1 Å². The van der Waals surface area contributed by atoms with Crippen molar-refractivity contribution < 1.29 is 28.7 Å². The van der Waals surface area contributed by atoms with Crippen LogP contribution in [0, 0.1) is 5.92 Å². The van der Waals surface area contributed by atoms with Crippen molar-refractivity contribution in [3.63, 3.8) is 0 Å². The highest BCUT2D eigenvalue weighted by molar-refractivity contribution is 6.22. The van der Waals surface area contributed by atoms with Crippen molar-refractivity contribution in [1.29, 1.82) is 0 Å². The van der Waals surface area contributed by atoms with Gasteiger partial charge in [0.1, 0.15) is 6.04 Å². The van der Waals surface area contributed by atoms with Crippen LogP contribution in [-0.2, 0) is 20.7 Å². The van der Waals surface area contributed by atoms with Crippen LogP contribution in [0.2, 0.25) is 0 Å². The van der Waals surface area contributed by atoms with E-state index in [4.69, 9.17) is 4.74 Å². The van der Waals surface area contributed by atoms with Crippen molar-refractivity contribution in [2.24, 2.45) is 5.92 Å². The highest BCUT2D eigenvalue weighted by Crippen LogP contribution is 2.28. The third kappa shape index (κ3) is 4.41. The molecule has 1 atom stereocenters. The van der Waals surface area contributed by atoms with Crippen molar-refractivity contribution in [3.05, 3.63) is 64.7 Å². The molecule has 170 valence electrons. The molecule has 2 aliphatic rings. The lowest BCUT2D eigenvalue weighted by Crippen LogP contribution is -2.46. The molecule has 2 aromatic rings. The van der Waals surface area contributed by atoms with Crippen LogP contribution in [0.5, 0.6) is 0 Å². The number of esters is 1. The average molecular weight is 448 g/mol. The number of amides is 3. The van der Waals surface area contributed by atoms with Crippen molar-refractivity contribution >= 4 is 35.2 Å². The standard InChI is InChI=1S/C25H24N2O6/c1-14(2)11-20(27-23(30)17-5-3-4-6-18(17)24(27)31)25(32)33-13-21(28)16-7-9-19-15(12-16)8-10-22(29)26-19/h3-7,9,12,14,20H,8,10-11,13H2,1-2H3,(H,26,29). The van der Waals surface area contributed by atoms with Gasteiger partial charge in [-0.2, -0.15) is 0 Å². The molecular weight excluding hydrogens is 424 g/mol. The van der Waals surface area contributed by atoms with Crippen LogP contribution >= 0.6 is 0 Å². The molecular formula is C25H24N2O6. The fourth-order valence-electron chi connectivity index (χ4n) is 4.12. The Morgan fingerprint density at radius 3 is 2.30 bits per heavy atom. The summed E-state index contributed by atoms with van der Waals surface area (Å²) in [6, 6.07) is 10.2. The summed E-state index contributed by atoms with van der Waals surface area (Å²) in [5.41, 5.74) is 2.37. The number of hydrogen-bond donors (Lipinski definition) is 1. The molecule has 1 unspecified atom stereocenters. The predicted molar refractivity (Wildman–Crippen MR) is 119 cm³/mol. The van der Waals surface area contributed by atoms with Gasteiger partial charge in [0.25, 0.3) is 11.8 Å². The summed E-state index contributed by atoms with van der Waals surface area (Å²) >= 11 is 0. The normalized spacial score (nSPS) is 15.7. The van der Waals surface area contributed by atoms with Crippen LogP contribution in [0.3, 0.4) is 0 Å². The number of ether oxygens (including phenoxy) is 1. The Kier molecular flexibility index (Phi) is 6.09. The number of anilines is 1. The first-order valence-corrected chi connectivity index (χ1v) is 10.9. The number of benzene rings is 2. The van der Waals surface area contributed by atoms with Gasteiger partial charge in [0.05, 0.1) is 11.1 Å². The van der Waals surface area contributed by atoms with Crippen molar-refractivity contribution in [2.75, 3.05) is 11.9 Å². The van der Waals surface area contributed by atoms with Gasteiger partial charge in [0.15, 0.2) is 12.4 Å². The quantitative estimate of drug-likeness (QED) is 0.396. The number of ketones is 1. The lowest BCUT2D eigenvalue weighted by molar-refractivity contribution is -0.147. The summed E-state index contributed by atoms with van der Waals surface area (Å²) in [5.74, 6) is -2.36. The highest BCUT2D eigenvalue weighted by atomic mass is 16.5. The minimum absolute atomic E-state index is 0.00146. The zero-order valence-corrected chi connectivity index (χ0v) is 18.4. The molecule has 0 radical (unpaired) electrons. The van der Waals surface area contributed by atoms with E-state index in [9.17, 15) is 24.0 Å². The first kappa shape index (κ1) is 22.4. The number of imide groups is 1. The van der Waals surface area contributed by atoms with Crippen molar-refractivity contribution in [1.82, 2.24) is 4.90 Å². The molecule has 4 rings (SSSR count). The van der Waals surface area contributed by atoms with E-state index in [0.29, 0.717) is 24.1 Å². The van der Waals surface area contributed by atoms with E-state index in [1.54, 1.807) is 42.5 Å². The summed E-state index contributed by atoms with van der Waals surface area (Å²) in [6.45, 7) is 3.23. The first-order chi connectivity index (χ1) is 15.8. The number of Topliss-reactive ketones (excluding diaryl/α,β-unsaturated/α-hetero) is 1. The molecule has 0 fully saturated rings. The number of aryl methyl sites for hydroxylation is 1. The van der Waals surface area contributed by atoms with E-state index in [2.05, 4.69) is 5.32 Å². The molecule has 0 bridgehead atoms. The van der Waals surface area contributed by atoms with Gasteiger partial charge >= 0.3 is 5.97 Å². The zero-order chi connectivity index (χ0) is 23.7. The third-order valence-corrected chi connectivity index (χ3v) is 5.77. The maximum atomic E-state index is 12.9. The molecule has 0 saturated carbocycles. The molecule has 2 aliphatic heterocycles. The van der Waals surface area contributed by atoms with Crippen LogP contribution in [0.25, 0.3) is 0 Å². The first-order valence-electron chi connectivity index (χ1n) is 10.9. The molecule has 3 amide bonds. The number of rotatable bonds is 7. The smallest absolute Gasteiger partial charge is 0.329 e. The van der Waals surface area contributed by atoms with Gasteiger partial charge in [-0.05, 0) is 54.7 Å². The average Bonchev–Trinajstić information content (AvgIpc) is 3.05. The van der Waals surface area contributed by atoms with Crippen molar-refractivity contribution in [2.45, 2.75) is 39.2 Å². The van der Waals surface area contributed by atoms with E-state index in [0.717, 1.165) is 10.5 Å². The minimum atomic E-state index is -1.12. The van der Waals surface area contributed by atoms with Crippen LogP contribution < -0.4 is 5.32 Å². The summed E-state index contributed by atoms with van der Waals surface area (Å²) in [4.78, 5) is 63.8. The second kappa shape index (κ2) is 8.97. The summed E-state index contributed by atoms with van der Waals surface area (Å²) in [5, 5.41) is 2.75. The fourth-order valence-corrected chi connectivity index (χ4v) is 4.12. The Morgan fingerprint density at radius 1 is 1.00 bits per heavy atom. The predicted octanol–water partition coefficient (Wildman–Crippen LogP) is 3.01. The maximum Gasteiger partial charge on any atom is 0.329 e. The van der Waals surface area contributed by atoms with E-state index in [1.807, 2.05) is 13.8 Å². The fraction of sp³-hybridized carbons (Fsp3) is 0.320. The lowest BCUT2D eigenvalue weighted by Gasteiger charge is -2.26. The molecule has 0 aromatic heterocycles. The molecule has 0 aliphatic carbocycles. The largest absolute Gasteiger partial charge is 0.456 e. The molecule has 2 aromatic carbocycles. The van der Waals surface area contributed by atoms with Gasteiger partial charge in [0, 0.05) is 17.7 Å². The van der Waals surface area contributed by atoms with Gasteiger partial charge in [-0.25, -0.2) is 4.79 Å². The van der Waals surface area contributed by atoms with Gasteiger partial charge in [-0.1, -0.05) is 26.0 Å². The van der Waals surface area contributed by atoms with E-state index >= 15 is 0 Å². The van der Waals surface area contributed by atoms with E-state index in [-0.39, 0.29) is 29.4 Å². The van der Waals surface area contributed by atoms with E-state index < -0.39 is 36.2 Å². The number of carbonyl (C=O) groups excluding carboxylic acids is 5. The summed E-state index contributed by atoms with van der Waals surface area (Å²) in [6.07, 6.45) is 1.09.